The fraction of sp³-hybridized carbons (Fsp3) is 0.381. The van der Waals surface area contributed by atoms with Gasteiger partial charge in [0.05, 0.1) is 0 Å². The van der Waals surface area contributed by atoms with Crippen molar-refractivity contribution in [1.82, 2.24) is 14.8 Å². The van der Waals surface area contributed by atoms with E-state index < -0.39 is 0 Å². The molecule has 28 heavy (non-hydrogen) atoms. The molecule has 2 atom stereocenters. The maximum atomic E-state index is 12.9. The number of aromatic nitrogens is 1. The Morgan fingerprint density at radius 2 is 1.64 bits per heavy atom. The maximum Gasteiger partial charge on any atom is 0.254 e. The van der Waals surface area contributed by atoms with Crippen LogP contribution in [0.1, 0.15) is 28.3 Å². The van der Waals surface area contributed by atoms with Gasteiger partial charge >= 0.3 is 0 Å². The minimum atomic E-state index is -0.000780. The quantitative estimate of drug-likeness (QED) is 0.815. The van der Waals surface area contributed by atoms with Crippen LogP contribution in [0.2, 0.25) is 0 Å². The van der Waals surface area contributed by atoms with E-state index in [0.717, 1.165) is 23.5 Å². The van der Waals surface area contributed by atoms with Crippen molar-refractivity contribution in [1.29, 1.82) is 0 Å². The molecule has 1 aliphatic carbocycles. The molecule has 144 valence electrons. The molecule has 7 heteroatoms. The van der Waals surface area contributed by atoms with Crippen LogP contribution >= 0.6 is 0 Å². The van der Waals surface area contributed by atoms with Crippen LogP contribution in [0.3, 0.4) is 0 Å². The van der Waals surface area contributed by atoms with E-state index in [1.807, 2.05) is 23.1 Å². The number of hydrogen-bond acceptors (Lipinski definition) is 5. The van der Waals surface area contributed by atoms with Crippen LogP contribution in [0.15, 0.2) is 42.7 Å². The normalized spacial score (nSPS) is 22.9. The molecule has 2 unspecified atom stereocenters. The predicted octanol–water partition coefficient (Wildman–Crippen LogP) is 1.90. The molecule has 2 fully saturated rings. The number of nitrogens with zero attached hydrogens (tertiary/aromatic N) is 3. The fourth-order valence-electron chi connectivity index (χ4n) is 4.02. The van der Waals surface area contributed by atoms with E-state index in [-0.39, 0.29) is 30.4 Å². The third kappa shape index (κ3) is 3.06. The van der Waals surface area contributed by atoms with E-state index in [9.17, 15) is 9.59 Å². The zero-order valence-electron chi connectivity index (χ0n) is 15.4. The summed E-state index contributed by atoms with van der Waals surface area (Å²) in [7, 11) is 0. The number of piperazine rings is 1. The van der Waals surface area contributed by atoms with Gasteiger partial charge in [0, 0.05) is 50.1 Å². The number of carbonyl (C=O) groups is 2. The van der Waals surface area contributed by atoms with Gasteiger partial charge in [0.25, 0.3) is 5.91 Å². The van der Waals surface area contributed by atoms with Crippen LogP contribution in [0, 0.1) is 5.92 Å². The number of benzene rings is 1. The van der Waals surface area contributed by atoms with Gasteiger partial charge in [0.2, 0.25) is 12.7 Å². The Morgan fingerprint density at radius 3 is 2.43 bits per heavy atom. The third-order valence-electron chi connectivity index (χ3n) is 5.74. The minimum absolute atomic E-state index is 0.000780. The van der Waals surface area contributed by atoms with E-state index >= 15 is 0 Å². The number of amides is 2. The Kier molecular flexibility index (Phi) is 4.15. The van der Waals surface area contributed by atoms with Crippen LogP contribution in [0.25, 0.3) is 0 Å². The zero-order chi connectivity index (χ0) is 19.1. The minimum Gasteiger partial charge on any atom is -0.454 e. The van der Waals surface area contributed by atoms with Gasteiger partial charge in [-0.2, -0.15) is 0 Å². The van der Waals surface area contributed by atoms with E-state index in [1.165, 1.54) is 0 Å². The number of carbonyl (C=O) groups excluding carboxylic acids is 2. The molecule has 1 aromatic heterocycles. The summed E-state index contributed by atoms with van der Waals surface area (Å²) in [4.78, 5) is 33.1. The van der Waals surface area contributed by atoms with Crippen molar-refractivity contribution in [2.45, 2.75) is 12.3 Å². The highest BCUT2D eigenvalue weighted by atomic mass is 16.7. The van der Waals surface area contributed by atoms with Crippen molar-refractivity contribution in [3.63, 3.8) is 0 Å². The molecular formula is C21H21N3O4. The van der Waals surface area contributed by atoms with Gasteiger partial charge in [-0.05, 0) is 42.2 Å². The molecule has 0 N–H and O–H groups in total. The van der Waals surface area contributed by atoms with E-state index in [4.69, 9.17) is 9.47 Å². The van der Waals surface area contributed by atoms with Gasteiger partial charge in [-0.25, -0.2) is 0 Å². The fourth-order valence-corrected chi connectivity index (χ4v) is 4.02. The van der Waals surface area contributed by atoms with Gasteiger partial charge in [0.1, 0.15) is 0 Å². The summed E-state index contributed by atoms with van der Waals surface area (Å²) < 4.78 is 10.8. The van der Waals surface area contributed by atoms with Gasteiger partial charge in [0.15, 0.2) is 11.5 Å². The molecule has 3 aliphatic rings. The smallest absolute Gasteiger partial charge is 0.254 e. The molecule has 2 aliphatic heterocycles. The lowest BCUT2D eigenvalue weighted by Gasteiger charge is -2.35. The van der Waals surface area contributed by atoms with Crippen molar-refractivity contribution in [2.24, 2.45) is 5.92 Å². The average molecular weight is 379 g/mol. The molecule has 1 aromatic carbocycles. The van der Waals surface area contributed by atoms with E-state index in [0.29, 0.717) is 31.7 Å². The van der Waals surface area contributed by atoms with Crippen LogP contribution in [-0.4, -0.2) is 59.6 Å². The number of hydrogen-bond donors (Lipinski definition) is 0. The lowest BCUT2D eigenvalue weighted by atomic mass is 10.1. The molecule has 0 radical (unpaired) electrons. The van der Waals surface area contributed by atoms with Crippen LogP contribution in [0.4, 0.5) is 0 Å². The summed E-state index contributed by atoms with van der Waals surface area (Å²) in [6.45, 7) is 2.55. The Bertz CT molecular complexity index is 909. The zero-order valence-corrected chi connectivity index (χ0v) is 15.4. The molecule has 2 aromatic rings. The lowest BCUT2D eigenvalue weighted by Crippen LogP contribution is -2.51. The van der Waals surface area contributed by atoms with E-state index in [1.54, 1.807) is 29.4 Å². The third-order valence-corrected chi connectivity index (χ3v) is 5.74. The standard InChI is InChI=1S/C21H21N3O4/c25-20(14-3-5-22-6-4-14)23-7-9-24(10-8-23)21(26)17-12-16(17)15-1-2-18-19(11-15)28-13-27-18/h1-6,11,16-17H,7-10,12-13H2. The SMILES string of the molecule is O=C(c1ccncc1)N1CCN(C(=O)C2CC2c2ccc3c(c2)OCO3)CC1. The van der Waals surface area contributed by atoms with Crippen LogP contribution < -0.4 is 9.47 Å². The Hall–Kier alpha value is -3.09. The average Bonchev–Trinajstić information content (AvgIpc) is 3.42. The largest absolute Gasteiger partial charge is 0.454 e. The highest BCUT2D eigenvalue weighted by Gasteiger charge is 2.46. The molecule has 2 amide bonds. The first-order valence-electron chi connectivity index (χ1n) is 9.58. The highest BCUT2D eigenvalue weighted by Crippen LogP contribution is 2.50. The monoisotopic (exact) mass is 379 g/mol. The Balaban J connectivity index is 1.17. The van der Waals surface area contributed by atoms with Crippen molar-refractivity contribution in [3.8, 4) is 11.5 Å². The molecule has 3 heterocycles. The summed E-state index contributed by atoms with van der Waals surface area (Å²) in [6.07, 6.45) is 4.11. The molecular weight excluding hydrogens is 358 g/mol. The summed E-state index contributed by atoms with van der Waals surface area (Å²) in [6, 6.07) is 9.38. The first kappa shape index (κ1) is 17.0. The molecule has 7 nitrogen and oxygen atoms in total. The molecule has 5 rings (SSSR count). The van der Waals surface area contributed by atoms with Crippen LogP contribution in [0.5, 0.6) is 11.5 Å². The number of fused-ring (bicyclic) bond motifs is 1. The first-order valence-corrected chi connectivity index (χ1v) is 9.58. The van der Waals surface area contributed by atoms with Crippen molar-refractivity contribution in [2.75, 3.05) is 33.0 Å². The predicted molar refractivity (Wildman–Crippen MR) is 100 cm³/mol. The van der Waals surface area contributed by atoms with Gasteiger partial charge < -0.3 is 19.3 Å². The van der Waals surface area contributed by atoms with Crippen molar-refractivity contribution in [3.05, 3.63) is 53.9 Å². The summed E-state index contributed by atoms with van der Waals surface area (Å²) >= 11 is 0. The van der Waals surface area contributed by atoms with Gasteiger partial charge in [-0.15, -0.1) is 0 Å². The molecule has 0 spiro atoms. The lowest BCUT2D eigenvalue weighted by molar-refractivity contribution is -0.134. The summed E-state index contributed by atoms with van der Waals surface area (Å²) in [5, 5.41) is 0. The number of ether oxygens (including phenoxy) is 2. The Morgan fingerprint density at radius 1 is 0.929 bits per heavy atom. The van der Waals surface area contributed by atoms with E-state index in [2.05, 4.69) is 4.98 Å². The maximum absolute atomic E-state index is 12.9. The number of pyridine rings is 1. The van der Waals surface area contributed by atoms with Crippen LogP contribution in [-0.2, 0) is 4.79 Å². The second-order valence-electron chi connectivity index (χ2n) is 7.41. The molecule has 1 saturated heterocycles. The van der Waals surface area contributed by atoms with Gasteiger partial charge in [-0.3, -0.25) is 14.6 Å². The number of rotatable bonds is 3. The summed E-state index contributed by atoms with van der Waals surface area (Å²) in [5.74, 6) is 2.00. The molecule has 0 bridgehead atoms. The highest BCUT2D eigenvalue weighted by molar-refractivity contribution is 5.94. The van der Waals surface area contributed by atoms with Gasteiger partial charge in [-0.1, -0.05) is 6.07 Å². The summed E-state index contributed by atoms with van der Waals surface area (Å²) in [5.41, 5.74) is 1.77. The van der Waals surface area contributed by atoms with Crippen molar-refractivity contribution < 1.29 is 19.1 Å². The second-order valence-corrected chi connectivity index (χ2v) is 7.41. The van der Waals surface area contributed by atoms with Crippen molar-refractivity contribution >= 4 is 11.8 Å². The Labute approximate surface area is 162 Å². The first-order chi connectivity index (χ1) is 13.7. The topological polar surface area (TPSA) is 72.0 Å². The second kappa shape index (κ2) is 6.82. The molecule has 1 saturated carbocycles.